The zero-order valence-electron chi connectivity index (χ0n) is 19.9. The lowest BCUT2D eigenvalue weighted by atomic mass is 9.91. The average Bonchev–Trinajstić information content (AvgIpc) is 2.99. The van der Waals surface area contributed by atoms with Crippen LogP contribution in [0.4, 0.5) is 10.5 Å². The highest BCUT2D eigenvalue weighted by atomic mass is 16.5. The molecular weight excluding hydrogens is 452 g/mol. The van der Waals surface area contributed by atoms with Gasteiger partial charge in [0, 0.05) is 12.1 Å². The third kappa shape index (κ3) is 4.91. The second kappa shape index (κ2) is 9.65. The van der Waals surface area contributed by atoms with E-state index in [9.17, 15) is 19.2 Å². The molecular formula is C25H28N4O6. The van der Waals surface area contributed by atoms with Gasteiger partial charge >= 0.3 is 6.03 Å². The molecule has 3 N–H and O–H groups in total. The Kier molecular flexibility index (Phi) is 6.63. The first-order chi connectivity index (χ1) is 16.7. The largest absolute Gasteiger partial charge is 0.490 e. The molecule has 0 unspecified atom stereocenters. The summed E-state index contributed by atoms with van der Waals surface area (Å²) in [6, 6.07) is 9.90. The van der Waals surface area contributed by atoms with Crippen molar-refractivity contribution < 1.29 is 28.7 Å². The van der Waals surface area contributed by atoms with E-state index >= 15 is 0 Å². The van der Waals surface area contributed by atoms with E-state index in [1.165, 1.54) is 0 Å². The number of carbonyl (C=O) groups is 4. The number of amides is 5. The van der Waals surface area contributed by atoms with Crippen LogP contribution in [0.5, 0.6) is 11.5 Å². The monoisotopic (exact) mass is 480 g/mol. The van der Waals surface area contributed by atoms with Crippen LogP contribution in [0.2, 0.25) is 0 Å². The summed E-state index contributed by atoms with van der Waals surface area (Å²) in [5, 5.41) is 7.87. The third-order valence-corrected chi connectivity index (χ3v) is 6.23. The number of rotatable bonds is 6. The van der Waals surface area contributed by atoms with Gasteiger partial charge in [-0.2, -0.15) is 0 Å². The van der Waals surface area contributed by atoms with Crippen LogP contribution in [0.1, 0.15) is 30.0 Å². The number of urea groups is 1. The lowest BCUT2D eigenvalue weighted by Gasteiger charge is -2.23. The summed E-state index contributed by atoms with van der Waals surface area (Å²) in [6.45, 7) is 5.60. The van der Waals surface area contributed by atoms with Crippen molar-refractivity contribution in [3.63, 3.8) is 0 Å². The van der Waals surface area contributed by atoms with E-state index in [-0.39, 0.29) is 6.54 Å². The number of aryl methyl sites for hydroxylation is 1. The van der Waals surface area contributed by atoms with Gasteiger partial charge in [0.1, 0.15) is 12.1 Å². The topological polar surface area (TPSA) is 126 Å². The van der Waals surface area contributed by atoms with E-state index in [4.69, 9.17) is 9.47 Å². The van der Waals surface area contributed by atoms with Crippen LogP contribution >= 0.6 is 0 Å². The van der Waals surface area contributed by atoms with Crippen LogP contribution in [0, 0.1) is 13.8 Å². The normalized spacial score (nSPS) is 19.1. The highest BCUT2D eigenvalue weighted by Crippen LogP contribution is 2.36. The number of fused-ring (bicyclic) bond motifs is 1. The molecule has 0 aliphatic carbocycles. The van der Waals surface area contributed by atoms with Crippen LogP contribution < -0.4 is 25.4 Å². The van der Waals surface area contributed by atoms with Crippen molar-refractivity contribution >= 4 is 29.4 Å². The summed E-state index contributed by atoms with van der Waals surface area (Å²) in [6.07, 6.45) is 0.739. The molecule has 35 heavy (non-hydrogen) atoms. The summed E-state index contributed by atoms with van der Waals surface area (Å²) in [4.78, 5) is 51.3. The highest BCUT2D eigenvalue weighted by Gasteiger charge is 2.49. The number of imide groups is 1. The average molecular weight is 481 g/mol. The summed E-state index contributed by atoms with van der Waals surface area (Å²) < 4.78 is 11.3. The van der Waals surface area contributed by atoms with Gasteiger partial charge in [0.15, 0.2) is 11.5 Å². The second-order valence-electron chi connectivity index (χ2n) is 8.73. The van der Waals surface area contributed by atoms with Gasteiger partial charge < -0.3 is 25.4 Å². The van der Waals surface area contributed by atoms with Crippen molar-refractivity contribution in [2.45, 2.75) is 32.7 Å². The Morgan fingerprint density at radius 3 is 2.57 bits per heavy atom. The molecule has 0 radical (unpaired) electrons. The van der Waals surface area contributed by atoms with Crippen molar-refractivity contribution in [2.75, 3.05) is 31.6 Å². The van der Waals surface area contributed by atoms with Crippen LogP contribution in [0.3, 0.4) is 0 Å². The Bertz CT molecular complexity index is 1200. The molecule has 0 spiro atoms. The van der Waals surface area contributed by atoms with Crippen LogP contribution in [-0.2, 0) is 19.9 Å². The first-order valence-electron chi connectivity index (χ1n) is 11.4. The number of hydrogen-bond acceptors (Lipinski definition) is 6. The maximum absolute atomic E-state index is 13.2. The molecule has 184 valence electrons. The van der Waals surface area contributed by atoms with Crippen molar-refractivity contribution in [3.8, 4) is 11.5 Å². The van der Waals surface area contributed by atoms with Gasteiger partial charge in [0.2, 0.25) is 11.8 Å². The Labute approximate surface area is 203 Å². The molecule has 1 fully saturated rings. The number of nitrogens with zero attached hydrogens (tertiary/aromatic N) is 1. The van der Waals surface area contributed by atoms with Gasteiger partial charge in [-0.05, 0) is 55.7 Å². The molecule has 2 aliphatic rings. The molecule has 0 aromatic heterocycles. The lowest BCUT2D eigenvalue weighted by molar-refractivity contribution is -0.135. The van der Waals surface area contributed by atoms with Crippen LogP contribution in [0.15, 0.2) is 36.4 Å². The van der Waals surface area contributed by atoms with E-state index in [1.54, 1.807) is 31.2 Å². The summed E-state index contributed by atoms with van der Waals surface area (Å²) >= 11 is 0. The van der Waals surface area contributed by atoms with Crippen LogP contribution in [0.25, 0.3) is 0 Å². The lowest BCUT2D eigenvalue weighted by Crippen LogP contribution is -2.44. The number of carbonyl (C=O) groups excluding carboxylic acids is 4. The van der Waals surface area contributed by atoms with E-state index in [0.29, 0.717) is 36.0 Å². The summed E-state index contributed by atoms with van der Waals surface area (Å²) in [7, 11) is 0. The molecule has 2 aromatic rings. The first-order valence-corrected chi connectivity index (χ1v) is 11.4. The van der Waals surface area contributed by atoms with Crippen molar-refractivity contribution in [2.24, 2.45) is 0 Å². The van der Waals surface area contributed by atoms with E-state index < -0.39 is 35.8 Å². The van der Waals surface area contributed by atoms with E-state index in [1.807, 2.05) is 26.0 Å². The molecule has 4 rings (SSSR count). The highest BCUT2D eigenvalue weighted by molar-refractivity contribution is 6.09. The predicted molar refractivity (Wildman–Crippen MR) is 127 cm³/mol. The SMILES string of the molecule is Cc1cccc(NC(=O)CNC(=O)CN2C(=O)N[C@](C)(c3ccc4c(c3)OCCCO4)C2=O)c1C. The summed E-state index contributed by atoms with van der Waals surface area (Å²) in [5.74, 6) is -0.558. The fraction of sp³-hybridized carbons (Fsp3) is 0.360. The summed E-state index contributed by atoms with van der Waals surface area (Å²) in [5.41, 5.74) is 1.75. The fourth-order valence-corrected chi connectivity index (χ4v) is 3.97. The molecule has 2 heterocycles. The molecule has 0 bridgehead atoms. The minimum Gasteiger partial charge on any atom is -0.490 e. The van der Waals surface area contributed by atoms with Gasteiger partial charge in [-0.3, -0.25) is 19.3 Å². The number of anilines is 1. The Morgan fingerprint density at radius 2 is 1.80 bits per heavy atom. The quantitative estimate of drug-likeness (QED) is 0.543. The standard InChI is InChI=1S/C25H28N4O6/c1-15-6-4-7-18(16(15)2)27-21(30)13-26-22(31)14-29-23(32)25(3,28-24(29)33)17-8-9-19-20(12-17)35-11-5-10-34-19/h4,6-9,12H,5,10-11,13-14H2,1-3H3,(H,26,31)(H,27,30)(H,28,33)/t25-/m1/s1. The van der Waals surface area contributed by atoms with Gasteiger partial charge in [0.05, 0.1) is 19.8 Å². The fourth-order valence-electron chi connectivity index (χ4n) is 3.97. The van der Waals surface area contributed by atoms with Crippen molar-refractivity contribution in [3.05, 3.63) is 53.1 Å². The van der Waals surface area contributed by atoms with Gasteiger partial charge in [-0.25, -0.2) is 4.79 Å². The molecule has 2 aliphatic heterocycles. The molecule has 0 saturated carbocycles. The van der Waals surface area contributed by atoms with E-state index in [2.05, 4.69) is 16.0 Å². The molecule has 5 amide bonds. The minimum absolute atomic E-state index is 0.296. The Hall–Kier alpha value is -4.08. The molecule has 10 heteroatoms. The maximum atomic E-state index is 13.2. The van der Waals surface area contributed by atoms with Gasteiger partial charge in [-0.15, -0.1) is 0 Å². The number of benzene rings is 2. The molecule has 2 aromatic carbocycles. The number of ether oxygens (including phenoxy) is 2. The molecule has 1 saturated heterocycles. The zero-order valence-corrected chi connectivity index (χ0v) is 19.9. The smallest absolute Gasteiger partial charge is 0.325 e. The first kappa shape index (κ1) is 24.1. The van der Waals surface area contributed by atoms with Gasteiger partial charge in [-0.1, -0.05) is 18.2 Å². The molecule has 10 nitrogen and oxygen atoms in total. The zero-order chi connectivity index (χ0) is 25.2. The number of hydrogen-bond donors (Lipinski definition) is 3. The Balaban J connectivity index is 1.37. The maximum Gasteiger partial charge on any atom is 0.325 e. The van der Waals surface area contributed by atoms with Crippen molar-refractivity contribution in [1.29, 1.82) is 0 Å². The second-order valence-corrected chi connectivity index (χ2v) is 8.73. The van der Waals surface area contributed by atoms with E-state index in [0.717, 1.165) is 22.4 Å². The third-order valence-electron chi connectivity index (χ3n) is 6.23. The van der Waals surface area contributed by atoms with Crippen LogP contribution in [-0.4, -0.2) is 55.0 Å². The van der Waals surface area contributed by atoms with Crippen molar-refractivity contribution in [1.82, 2.24) is 15.5 Å². The molecule has 1 atom stereocenters. The number of nitrogens with one attached hydrogen (secondary N) is 3. The predicted octanol–water partition coefficient (Wildman–Crippen LogP) is 1.99. The van der Waals surface area contributed by atoms with Gasteiger partial charge in [0.25, 0.3) is 5.91 Å². The Morgan fingerprint density at radius 1 is 1.06 bits per heavy atom. The minimum atomic E-state index is -1.37.